The molecule has 1 aromatic carbocycles. The third-order valence-corrected chi connectivity index (χ3v) is 6.11. The Bertz CT molecular complexity index is 694. The largest absolute Gasteiger partial charge is 0.508 e. The molecule has 4 heteroatoms. The van der Waals surface area contributed by atoms with Gasteiger partial charge in [-0.1, -0.05) is 29.8 Å². The topological polar surface area (TPSA) is 73.1 Å². The summed E-state index contributed by atoms with van der Waals surface area (Å²) in [6.07, 6.45) is 4.99. The fourth-order valence-corrected chi connectivity index (χ4v) is 4.85. The summed E-state index contributed by atoms with van der Waals surface area (Å²) < 4.78 is 0. The van der Waals surface area contributed by atoms with Crippen molar-refractivity contribution in [1.82, 2.24) is 0 Å². The molecule has 3 N–H and O–H groups in total. The van der Waals surface area contributed by atoms with Gasteiger partial charge in [0.2, 0.25) is 0 Å². The monoisotopic (exact) mass is 299 g/mol. The Hall–Kier alpha value is -1.81. The molecule has 0 bridgehead atoms. The minimum Gasteiger partial charge on any atom is -0.508 e. The molecule has 0 heterocycles. The predicted molar refractivity (Wildman–Crippen MR) is 83.3 cm³/mol. The molecule has 3 aliphatic rings. The van der Waals surface area contributed by atoms with E-state index in [1.165, 1.54) is 16.7 Å². The third kappa shape index (κ3) is 1.70. The first-order valence-electron chi connectivity index (χ1n) is 7.95. The minimum atomic E-state index is -0.648. The maximum atomic E-state index is 10.5. The molecular weight excluding hydrogens is 278 g/mol. The molecule has 3 aliphatic carbocycles. The molecule has 2 saturated carbocycles. The lowest BCUT2D eigenvalue weighted by Crippen LogP contribution is -2.40. The Morgan fingerprint density at radius 3 is 2.91 bits per heavy atom. The van der Waals surface area contributed by atoms with E-state index in [9.17, 15) is 10.2 Å². The van der Waals surface area contributed by atoms with Gasteiger partial charge in [0.15, 0.2) is 0 Å². The second-order valence-corrected chi connectivity index (χ2v) is 7.14. The van der Waals surface area contributed by atoms with Gasteiger partial charge in [-0.3, -0.25) is 0 Å². The summed E-state index contributed by atoms with van der Waals surface area (Å²) in [7, 11) is 0. The number of fused-ring (bicyclic) bond motifs is 5. The number of phenols is 1. The van der Waals surface area contributed by atoms with Crippen molar-refractivity contribution in [3.63, 3.8) is 0 Å². The second kappa shape index (κ2) is 4.59. The lowest BCUT2D eigenvalue weighted by Gasteiger charge is -2.45. The number of aliphatic hydroxyl groups is 1. The molecule has 4 rings (SSSR count). The average molecular weight is 299 g/mol. The highest BCUT2D eigenvalue weighted by molar-refractivity contribution is 5.92. The SMILES string of the molecule is C[C@]12CC[C@H]3C(=CCc4cc(O)ccc43)[C@@H]1CC(=NO)[C@@H]2O. The van der Waals surface area contributed by atoms with Gasteiger partial charge in [0.05, 0.1) is 5.71 Å². The first-order valence-corrected chi connectivity index (χ1v) is 7.95. The molecule has 0 aromatic heterocycles. The van der Waals surface area contributed by atoms with Crippen molar-refractivity contribution in [2.24, 2.45) is 16.5 Å². The zero-order valence-corrected chi connectivity index (χ0v) is 12.7. The van der Waals surface area contributed by atoms with E-state index in [-0.39, 0.29) is 11.3 Å². The fraction of sp³-hybridized carbons (Fsp3) is 0.500. The Balaban J connectivity index is 1.76. The van der Waals surface area contributed by atoms with E-state index in [4.69, 9.17) is 5.21 Å². The van der Waals surface area contributed by atoms with Gasteiger partial charge < -0.3 is 15.4 Å². The molecule has 0 aliphatic heterocycles. The summed E-state index contributed by atoms with van der Waals surface area (Å²) in [5.74, 6) is 0.934. The van der Waals surface area contributed by atoms with Crippen molar-refractivity contribution in [2.45, 2.75) is 44.6 Å². The summed E-state index contributed by atoms with van der Waals surface area (Å²) in [6, 6.07) is 5.66. The van der Waals surface area contributed by atoms with Gasteiger partial charge in [0.1, 0.15) is 11.9 Å². The minimum absolute atomic E-state index is 0.224. The number of hydrogen-bond donors (Lipinski definition) is 3. The number of oxime groups is 1. The molecular formula is C18H21NO3. The normalized spacial score (nSPS) is 38.2. The van der Waals surface area contributed by atoms with E-state index in [1.54, 1.807) is 6.07 Å². The van der Waals surface area contributed by atoms with Gasteiger partial charge in [0.25, 0.3) is 0 Å². The molecule has 2 fully saturated rings. The van der Waals surface area contributed by atoms with Gasteiger partial charge in [-0.2, -0.15) is 0 Å². The van der Waals surface area contributed by atoms with Crippen molar-refractivity contribution in [3.8, 4) is 5.75 Å². The second-order valence-electron chi connectivity index (χ2n) is 7.14. The first-order chi connectivity index (χ1) is 10.5. The number of nitrogens with zero attached hydrogens (tertiary/aromatic N) is 1. The van der Waals surface area contributed by atoms with E-state index >= 15 is 0 Å². The van der Waals surface area contributed by atoms with Crippen molar-refractivity contribution in [3.05, 3.63) is 41.0 Å². The highest BCUT2D eigenvalue weighted by atomic mass is 16.4. The third-order valence-electron chi connectivity index (χ3n) is 6.11. The first kappa shape index (κ1) is 13.8. The fourth-order valence-electron chi connectivity index (χ4n) is 4.85. The number of aliphatic hydroxyl groups excluding tert-OH is 1. The van der Waals surface area contributed by atoms with Crippen molar-refractivity contribution >= 4 is 5.71 Å². The molecule has 116 valence electrons. The number of aromatic hydroxyl groups is 1. The highest BCUT2D eigenvalue weighted by Gasteiger charge is 2.55. The van der Waals surface area contributed by atoms with Gasteiger partial charge in [0, 0.05) is 11.3 Å². The molecule has 0 unspecified atom stereocenters. The predicted octanol–water partition coefficient (Wildman–Crippen LogP) is 2.97. The lowest BCUT2D eigenvalue weighted by atomic mass is 9.59. The van der Waals surface area contributed by atoms with Gasteiger partial charge >= 0.3 is 0 Å². The summed E-state index contributed by atoms with van der Waals surface area (Å²) in [5, 5.41) is 32.7. The van der Waals surface area contributed by atoms with E-state index in [0.717, 1.165) is 19.3 Å². The standard InChI is InChI=1S/C18H21NO3/c1-18-7-6-13-12-5-3-11(20)8-10(12)2-4-14(13)15(18)9-16(19-22)17(18)21/h3-5,8,13,15,17,20-22H,2,6-7,9H2,1H3/t13-,15+,17+,18+/m1/s1. The van der Waals surface area contributed by atoms with Crippen LogP contribution in [0, 0.1) is 11.3 Å². The molecule has 22 heavy (non-hydrogen) atoms. The van der Waals surface area contributed by atoms with Crippen LogP contribution in [-0.4, -0.2) is 27.2 Å². The van der Waals surface area contributed by atoms with E-state index in [1.807, 2.05) is 12.1 Å². The van der Waals surface area contributed by atoms with Crippen LogP contribution in [0.1, 0.15) is 43.2 Å². The average Bonchev–Trinajstić information content (AvgIpc) is 2.78. The van der Waals surface area contributed by atoms with Crippen LogP contribution >= 0.6 is 0 Å². The maximum absolute atomic E-state index is 10.5. The Kier molecular flexibility index (Phi) is 2.89. The van der Waals surface area contributed by atoms with Crippen molar-refractivity contribution in [1.29, 1.82) is 0 Å². The lowest BCUT2D eigenvalue weighted by molar-refractivity contribution is 0.0501. The highest BCUT2D eigenvalue weighted by Crippen LogP contribution is 2.58. The Morgan fingerprint density at radius 1 is 1.32 bits per heavy atom. The Morgan fingerprint density at radius 2 is 2.14 bits per heavy atom. The smallest absolute Gasteiger partial charge is 0.115 e. The molecule has 4 nitrogen and oxygen atoms in total. The molecule has 0 saturated heterocycles. The van der Waals surface area contributed by atoms with E-state index < -0.39 is 6.10 Å². The van der Waals surface area contributed by atoms with Gasteiger partial charge in [-0.05, 0) is 54.9 Å². The van der Waals surface area contributed by atoms with Gasteiger partial charge in [-0.25, -0.2) is 0 Å². The molecule has 4 atom stereocenters. The van der Waals surface area contributed by atoms with Gasteiger partial charge in [-0.15, -0.1) is 0 Å². The van der Waals surface area contributed by atoms with Crippen LogP contribution in [0.2, 0.25) is 0 Å². The number of phenolic OH excluding ortho intramolecular Hbond substituents is 1. The summed E-state index contributed by atoms with van der Waals surface area (Å²) in [5.41, 5.74) is 4.18. The molecule has 0 radical (unpaired) electrons. The van der Waals surface area contributed by atoms with Crippen LogP contribution in [-0.2, 0) is 6.42 Å². The van der Waals surface area contributed by atoms with Crippen LogP contribution in [0.25, 0.3) is 0 Å². The number of rotatable bonds is 0. The maximum Gasteiger partial charge on any atom is 0.115 e. The summed E-state index contributed by atoms with van der Waals surface area (Å²) in [6.45, 7) is 2.11. The molecule has 0 amide bonds. The van der Waals surface area contributed by atoms with Crippen LogP contribution in [0.5, 0.6) is 5.75 Å². The van der Waals surface area contributed by atoms with Crippen LogP contribution in [0.3, 0.4) is 0 Å². The molecule has 0 spiro atoms. The van der Waals surface area contributed by atoms with Crippen LogP contribution in [0.15, 0.2) is 35.0 Å². The van der Waals surface area contributed by atoms with Crippen molar-refractivity contribution < 1.29 is 15.4 Å². The van der Waals surface area contributed by atoms with E-state index in [2.05, 4.69) is 18.2 Å². The van der Waals surface area contributed by atoms with E-state index in [0.29, 0.717) is 23.8 Å². The quantitative estimate of drug-likeness (QED) is 0.392. The van der Waals surface area contributed by atoms with Crippen LogP contribution < -0.4 is 0 Å². The summed E-state index contributed by atoms with van der Waals surface area (Å²) in [4.78, 5) is 0. The zero-order chi connectivity index (χ0) is 15.5. The van der Waals surface area contributed by atoms with Crippen LogP contribution in [0.4, 0.5) is 0 Å². The Labute approximate surface area is 129 Å². The number of allylic oxidation sites excluding steroid dienone is 2. The van der Waals surface area contributed by atoms with Crippen molar-refractivity contribution in [2.75, 3.05) is 0 Å². The number of hydrogen-bond acceptors (Lipinski definition) is 4. The summed E-state index contributed by atoms with van der Waals surface area (Å²) >= 11 is 0. The number of benzene rings is 1. The zero-order valence-electron chi connectivity index (χ0n) is 12.7. The molecule has 1 aromatic rings.